The highest BCUT2D eigenvalue weighted by Gasteiger charge is 2.33. The number of carbonyl (C=O) groups is 2. The lowest BCUT2D eigenvalue weighted by Crippen LogP contribution is -2.51. The van der Waals surface area contributed by atoms with Gasteiger partial charge in [-0.25, -0.2) is 13.4 Å². The van der Waals surface area contributed by atoms with E-state index in [1.165, 1.54) is 16.4 Å². The number of nitrogens with zero attached hydrogens (tertiary/aromatic N) is 2. The summed E-state index contributed by atoms with van der Waals surface area (Å²) in [6.45, 7) is 2.92. The van der Waals surface area contributed by atoms with E-state index < -0.39 is 10.0 Å². The fourth-order valence-corrected chi connectivity index (χ4v) is 5.15. The molecule has 0 aliphatic carbocycles. The zero-order chi connectivity index (χ0) is 20.4. The number of hydrazine groups is 1. The molecule has 29 heavy (non-hydrogen) atoms. The number of fused-ring (bicyclic) bond motifs is 1. The third-order valence-corrected chi connectivity index (χ3v) is 7.22. The lowest BCUT2D eigenvalue weighted by Gasteiger charge is -2.33. The predicted octanol–water partition coefficient (Wildman–Crippen LogP) is -0.218. The molecular weight excluding hydrogens is 400 g/mol. The van der Waals surface area contributed by atoms with Crippen LogP contribution in [0.25, 0.3) is 0 Å². The molecular formula is C18H24N4O6S. The molecule has 3 heterocycles. The molecule has 11 heteroatoms. The molecule has 0 saturated carbocycles. The fraction of sp³-hybridized carbons (Fsp3) is 0.556. The number of ether oxygens (including phenoxy) is 2. The van der Waals surface area contributed by atoms with E-state index in [1.54, 1.807) is 6.07 Å². The van der Waals surface area contributed by atoms with Crippen molar-refractivity contribution in [1.29, 1.82) is 0 Å². The van der Waals surface area contributed by atoms with Crippen molar-refractivity contribution in [2.24, 2.45) is 5.92 Å². The SMILES string of the molecule is O=C1COc2ccc(S(=O)(=O)N3CCC(C(=O)NN4CCOCC4)CC3)cc2N1. The zero-order valence-corrected chi connectivity index (χ0v) is 16.7. The Balaban J connectivity index is 1.38. The molecule has 158 valence electrons. The van der Waals surface area contributed by atoms with Gasteiger partial charge in [-0.15, -0.1) is 0 Å². The van der Waals surface area contributed by atoms with E-state index in [0.29, 0.717) is 50.6 Å². The summed E-state index contributed by atoms with van der Waals surface area (Å²) >= 11 is 0. The van der Waals surface area contributed by atoms with Crippen molar-refractivity contribution in [3.8, 4) is 5.75 Å². The van der Waals surface area contributed by atoms with Gasteiger partial charge in [0.2, 0.25) is 15.9 Å². The molecule has 10 nitrogen and oxygen atoms in total. The molecule has 2 saturated heterocycles. The van der Waals surface area contributed by atoms with Crippen molar-refractivity contribution >= 4 is 27.5 Å². The van der Waals surface area contributed by atoms with Crippen LogP contribution >= 0.6 is 0 Å². The first-order valence-electron chi connectivity index (χ1n) is 9.63. The summed E-state index contributed by atoms with van der Waals surface area (Å²) in [5.41, 5.74) is 3.25. The minimum Gasteiger partial charge on any atom is -0.482 e. The molecule has 0 radical (unpaired) electrons. The van der Waals surface area contributed by atoms with E-state index in [1.807, 2.05) is 5.01 Å². The average Bonchev–Trinajstić information content (AvgIpc) is 2.74. The Labute approximate surface area is 169 Å². The van der Waals surface area contributed by atoms with Crippen LogP contribution in [-0.2, 0) is 24.3 Å². The van der Waals surface area contributed by atoms with Gasteiger partial charge in [-0.1, -0.05) is 0 Å². The van der Waals surface area contributed by atoms with Crippen LogP contribution in [0.5, 0.6) is 5.75 Å². The number of hydrogen-bond donors (Lipinski definition) is 2. The van der Waals surface area contributed by atoms with Crippen LogP contribution < -0.4 is 15.5 Å². The van der Waals surface area contributed by atoms with E-state index in [9.17, 15) is 18.0 Å². The summed E-state index contributed by atoms with van der Waals surface area (Å²) in [5, 5.41) is 4.47. The summed E-state index contributed by atoms with van der Waals surface area (Å²) in [6, 6.07) is 4.44. The van der Waals surface area contributed by atoms with Crippen molar-refractivity contribution in [1.82, 2.24) is 14.7 Å². The topological polar surface area (TPSA) is 117 Å². The second-order valence-corrected chi connectivity index (χ2v) is 9.19. The highest BCUT2D eigenvalue weighted by Crippen LogP contribution is 2.32. The van der Waals surface area contributed by atoms with Crippen molar-refractivity contribution in [2.75, 3.05) is 51.3 Å². The molecule has 2 N–H and O–H groups in total. The first-order chi connectivity index (χ1) is 13.9. The van der Waals surface area contributed by atoms with Gasteiger partial charge in [0.05, 0.1) is 23.8 Å². The number of hydrogen-bond acceptors (Lipinski definition) is 7. The number of sulfonamides is 1. The summed E-state index contributed by atoms with van der Waals surface area (Å²) < 4.78 is 37.9. The number of rotatable bonds is 4. The number of benzene rings is 1. The summed E-state index contributed by atoms with van der Waals surface area (Å²) in [6.07, 6.45) is 0.917. The second-order valence-electron chi connectivity index (χ2n) is 7.25. The monoisotopic (exact) mass is 424 g/mol. The molecule has 0 unspecified atom stereocenters. The number of piperidine rings is 1. The van der Waals surface area contributed by atoms with Gasteiger partial charge < -0.3 is 14.8 Å². The van der Waals surface area contributed by atoms with E-state index in [-0.39, 0.29) is 42.3 Å². The average molecular weight is 424 g/mol. The van der Waals surface area contributed by atoms with Gasteiger partial charge in [0.1, 0.15) is 5.75 Å². The maximum absolute atomic E-state index is 13.0. The standard InChI is InChI=1S/C18H24N4O6S/c23-17-12-28-16-2-1-14(11-15(16)19-17)29(25,26)22-5-3-13(4-6-22)18(24)20-21-7-9-27-10-8-21/h1-2,11,13H,3-10,12H2,(H,19,23)(H,20,24). The van der Waals surface area contributed by atoms with Crippen molar-refractivity contribution < 1.29 is 27.5 Å². The summed E-state index contributed by atoms with van der Waals surface area (Å²) in [4.78, 5) is 24.1. The van der Waals surface area contributed by atoms with Crippen LogP contribution in [0.3, 0.4) is 0 Å². The molecule has 0 atom stereocenters. The van der Waals surface area contributed by atoms with Gasteiger partial charge in [-0.2, -0.15) is 4.31 Å². The quantitative estimate of drug-likeness (QED) is 0.686. The van der Waals surface area contributed by atoms with Crippen molar-refractivity contribution in [3.63, 3.8) is 0 Å². The Morgan fingerprint density at radius 1 is 1.14 bits per heavy atom. The maximum Gasteiger partial charge on any atom is 0.262 e. The van der Waals surface area contributed by atoms with Gasteiger partial charge >= 0.3 is 0 Å². The predicted molar refractivity (Wildman–Crippen MR) is 103 cm³/mol. The van der Waals surface area contributed by atoms with Gasteiger partial charge in [-0.3, -0.25) is 15.0 Å². The van der Waals surface area contributed by atoms with Crippen LogP contribution in [0, 0.1) is 5.92 Å². The third-order valence-electron chi connectivity index (χ3n) is 5.33. The van der Waals surface area contributed by atoms with Crippen LogP contribution in [-0.4, -0.2) is 75.5 Å². The molecule has 1 aromatic carbocycles. The zero-order valence-electron chi connectivity index (χ0n) is 15.9. The van der Waals surface area contributed by atoms with E-state index >= 15 is 0 Å². The maximum atomic E-state index is 13.0. The smallest absolute Gasteiger partial charge is 0.262 e. The lowest BCUT2D eigenvalue weighted by molar-refractivity contribution is -0.133. The van der Waals surface area contributed by atoms with Crippen molar-refractivity contribution in [3.05, 3.63) is 18.2 Å². The minimum absolute atomic E-state index is 0.0717. The number of anilines is 1. The van der Waals surface area contributed by atoms with Gasteiger partial charge in [0.25, 0.3) is 5.91 Å². The van der Waals surface area contributed by atoms with Crippen LogP contribution in [0.15, 0.2) is 23.1 Å². The van der Waals surface area contributed by atoms with Gasteiger partial charge in [-0.05, 0) is 31.0 Å². The first-order valence-corrected chi connectivity index (χ1v) is 11.1. The Hall–Kier alpha value is -2.21. The Morgan fingerprint density at radius 3 is 2.59 bits per heavy atom. The molecule has 0 aromatic heterocycles. The largest absolute Gasteiger partial charge is 0.482 e. The van der Waals surface area contributed by atoms with Crippen LogP contribution in [0.1, 0.15) is 12.8 Å². The molecule has 2 fully saturated rings. The first kappa shape index (κ1) is 20.1. The Bertz CT molecular complexity index is 892. The third kappa shape index (κ3) is 4.37. The van der Waals surface area contributed by atoms with Crippen LogP contribution in [0.4, 0.5) is 5.69 Å². The van der Waals surface area contributed by atoms with Crippen molar-refractivity contribution in [2.45, 2.75) is 17.7 Å². The van der Waals surface area contributed by atoms with Gasteiger partial charge in [0, 0.05) is 32.1 Å². The van der Waals surface area contributed by atoms with E-state index in [2.05, 4.69) is 10.7 Å². The van der Waals surface area contributed by atoms with Gasteiger partial charge in [0.15, 0.2) is 6.61 Å². The highest BCUT2D eigenvalue weighted by molar-refractivity contribution is 7.89. The van der Waals surface area contributed by atoms with E-state index in [4.69, 9.17) is 9.47 Å². The second kappa shape index (κ2) is 8.27. The highest BCUT2D eigenvalue weighted by atomic mass is 32.2. The molecule has 1 aromatic rings. The molecule has 3 aliphatic heterocycles. The minimum atomic E-state index is -3.72. The number of morpholine rings is 1. The molecule has 4 rings (SSSR count). The normalized spacial score (nSPS) is 21.7. The molecule has 0 spiro atoms. The Morgan fingerprint density at radius 2 is 1.86 bits per heavy atom. The summed E-state index contributed by atoms with van der Waals surface area (Å²) in [5.74, 6) is -0.167. The number of nitrogens with one attached hydrogen (secondary N) is 2. The Kier molecular flexibility index (Phi) is 5.72. The molecule has 0 bridgehead atoms. The molecule has 2 amide bonds. The summed E-state index contributed by atoms with van der Waals surface area (Å²) in [7, 11) is -3.72. The van der Waals surface area contributed by atoms with E-state index in [0.717, 1.165) is 0 Å². The molecule has 3 aliphatic rings. The lowest BCUT2D eigenvalue weighted by atomic mass is 9.97. The number of carbonyl (C=O) groups excluding carboxylic acids is 2. The fourth-order valence-electron chi connectivity index (χ4n) is 3.65. The number of amides is 2. The van der Waals surface area contributed by atoms with Crippen LogP contribution in [0.2, 0.25) is 0 Å².